The van der Waals surface area contributed by atoms with Crippen molar-refractivity contribution in [3.05, 3.63) is 46.8 Å². The fourth-order valence-electron chi connectivity index (χ4n) is 3.84. The SMILES string of the molecule is CCC1CC(NC(=O)c2ccc(-n3nc(C)c(CCC(=O)O)c3C)cc2)CCO1. The van der Waals surface area contributed by atoms with Gasteiger partial charge in [-0.25, -0.2) is 4.68 Å². The van der Waals surface area contributed by atoms with Gasteiger partial charge in [0, 0.05) is 30.3 Å². The Morgan fingerprint density at radius 3 is 2.66 bits per heavy atom. The lowest BCUT2D eigenvalue weighted by Gasteiger charge is -2.29. The zero-order valence-corrected chi connectivity index (χ0v) is 17.3. The molecule has 156 valence electrons. The van der Waals surface area contributed by atoms with E-state index in [1.165, 1.54) is 0 Å². The zero-order chi connectivity index (χ0) is 21.0. The fraction of sp³-hybridized carbons (Fsp3) is 0.500. The Morgan fingerprint density at radius 2 is 2.00 bits per heavy atom. The highest BCUT2D eigenvalue weighted by molar-refractivity contribution is 5.94. The van der Waals surface area contributed by atoms with Crippen LogP contribution in [0, 0.1) is 13.8 Å². The molecule has 0 spiro atoms. The molecule has 1 fully saturated rings. The van der Waals surface area contributed by atoms with E-state index in [0.29, 0.717) is 18.6 Å². The van der Waals surface area contributed by atoms with Gasteiger partial charge in [-0.15, -0.1) is 0 Å². The maximum Gasteiger partial charge on any atom is 0.303 e. The number of rotatable bonds is 7. The molecule has 29 heavy (non-hydrogen) atoms. The van der Waals surface area contributed by atoms with Crippen LogP contribution in [-0.2, 0) is 16.0 Å². The van der Waals surface area contributed by atoms with Crippen LogP contribution in [0.1, 0.15) is 59.9 Å². The third-order valence-corrected chi connectivity index (χ3v) is 5.56. The molecule has 0 bridgehead atoms. The maximum absolute atomic E-state index is 12.6. The Kier molecular flexibility index (Phi) is 6.69. The number of carbonyl (C=O) groups is 2. The summed E-state index contributed by atoms with van der Waals surface area (Å²) in [6.07, 6.45) is 3.40. The van der Waals surface area contributed by atoms with Gasteiger partial charge in [-0.2, -0.15) is 5.10 Å². The number of nitrogens with zero attached hydrogens (tertiary/aromatic N) is 2. The smallest absolute Gasteiger partial charge is 0.303 e. The van der Waals surface area contributed by atoms with Crippen LogP contribution < -0.4 is 5.32 Å². The van der Waals surface area contributed by atoms with Crippen molar-refractivity contribution in [1.29, 1.82) is 0 Å². The van der Waals surface area contributed by atoms with Crippen LogP contribution in [0.3, 0.4) is 0 Å². The summed E-state index contributed by atoms with van der Waals surface area (Å²) in [4.78, 5) is 23.5. The number of aliphatic carboxylic acids is 1. The lowest BCUT2D eigenvalue weighted by Crippen LogP contribution is -2.41. The van der Waals surface area contributed by atoms with E-state index in [9.17, 15) is 9.59 Å². The van der Waals surface area contributed by atoms with Crippen LogP contribution in [0.5, 0.6) is 0 Å². The second-order valence-electron chi connectivity index (χ2n) is 7.60. The molecule has 1 aromatic carbocycles. The Hall–Kier alpha value is -2.67. The Labute approximate surface area is 171 Å². The van der Waals surface area contributed by atoms with Gasteiger partial charge in [0.15, 0.2) is 0 Å². The molecule has 0 saturated carbocycles. The molecule has 1 aliphatic heterocycles. The molecule has 2 N–H and O–H groups in total. The van der Waals surface area contributed by atoms with E-state index in [1.807, 2.05) is 26.0 Å². The molecule has 2 atom stereocenters. The number of hydrogen-bond acceptors (Lipinski definition) is 4. The normalized spacial score (nSPS) is 19.1. The first-order chi connectivity index (χ1) is 13.9. The van der Waals surface area contributed by atoms with E-state index >= 15 is 0 Å². The molecule has 1 aromatic heterocycles. The molecule has 1 amide bonds. The number of ether oxygens (including phenoxy) is 1. The van der Waals surface area contributed by atoms with E-state index in [0.717, 1.165) is 41.9 Å². The van der Waals surface area contributed by atoms with Gasteiger partial charge in [-0.3, -0.25) is 9.59 Å². The zero-order valence-electron chi connectivity index (χ0n) is 17.3. The molecule has 7 nitrogen and oxygen atoms in total. The molecule has 0 aliphatic carbocycles. The largest absolute Gasteiger partial charge is 0.481 e. The van der Waals surface area contributed by atoms with Crippen LogP contribution in [0.15, 0.2) is 24.3 Å². The monoisotopic (exact) mass is 399 g/mol. The molecular weight excluding hydrogens is 370 g/mol. The van der Waals surface area contributed by atoms with Gasteiger partial charge in [0.05, 0.1) is 17.5 Å². The topological polar surface area (TPSA) is 93.5 Å². The average molecular weight is 399 g/mol. The second kappa shape index (κ2) is 9.22. The minimum absolute atomic E-state index is 0.0752. The molecule has 1 saturated heterocycles. The number of carboxylic acid groups (broad SMARTS) is 1. The molecular formula is C22H29N3O4. The average Bonchev–Trinajstić information content (AvgIpc) is 3.00. The standard InChI is InChI=1S/C22H29N3O4/c1-4-19-13-17(11-12-29-19)23-22(28)16-5-7-18(8-6-16)25-15(3)20(14(2)24-25)9-10-21(26)27/h5-8,17,19H,4,9-13H2,1-3H3,(H,23,28)(H,26,27). The Balaban J connectivity index is 1.69. The summed E-state index contributed by atoms with van der Waals surface area (Å²) in [7, 11) is 0. The highest BCUT2D eigenvalue weighted by atomic mass is 16.5. The maximum atomic E-state index is 12.6. The summed E-state index contributed by atoms with van der Waals surface area (Å²) in [5, 5.41) is 16.6. The summed E-state index contributed by atoms with van der Waals surface area (Å²) >= 11 is 0. The van der Waals surface area contributed by atoms with Gasteiger partial charge in [0.2, 0.25) is 0 Å². The van der Waals surface area contributed by atoms with Gasteiger partial charge in [0.1, 0.15) is 0 Å². The van der Waals surface area contributed by atoms with Crippen LogP contribution in [-0.4, -0.2) is 45.5 Å². The molecule has 2 heterocycles. The van der Waals surface area contributed by atoms with Crippen molar-refractivity contribution in [3.63, 3.8) is 0 Å². The number of hydrogen-bond donors (Lipinski definition) is 2. The van der Waals surface area contributed by atoms with Gasteiger partial charge in [-0.1, -0.05) is 6.92 Å². The molecule has 2 unspecified atom stereocenters. The van der Waals surface area contributed by atoms with Gasteiger partial charge in [-0.05, 0) is 69.4 Å². The van der Waals surface area contributed by atoms with Crippen molar-refractivity contribution < 1.29 is 19.4 Å². The Morgan fingerprint density at radius 1 is 1.28 bits per heavy atom. The molecule has 1 aliphatic rings. The number of aromatic nitrogens is 2. The number of benzene rings is 1. The quantitative estimate of drug-likeness (QED) is 0.746. The predicted molar refractivity (Wildman–Crippen MR) is 110 cm³/mol. The number of nitrogens with one attached hydrogen (secondary N) is 1. The summed E-state index contributed by atoms with van der Waals surface area (Å²) < 4.78 is 7.47. The molecule has 2 aromatic rings. The van der Waals surface area contributed by atoms with E-state index in [4.69, 9.17) is 9.84 Å². The molecule has 0 radical (unpaired) electrons. The van der Waals surface area contributed by atoms with Crippen molar-refractivity contribution in [3.8, 4) is 5.69 Å². The number of amides is 1. The highest BCUT2D eigenvalue weighted by Crippen LogP contribution is 2.20. The van der Waals surface area contributed by atoms with Crippen LogP contribution in [0.25, 0.3) is 5.69 Å². The van der Waals surface area contributed by atoms with Crippen LogP contribution in [0.2, 0.25) is 0 Å². The third-order valence-electron chi connectivity index (χ3n) is 5.56. The summed E-state index contributed by atoms with van der Waals surface area (Å²) in [5.74, 6) is -0.893. The fourth-order valence-corrected chi connectivity index (χ4v) is 3.84. The summed E-state index contributed by atoms with van der Waals surface area (Å²) in [6.45, 7) is 6.61. The van der Waals surface area contributed by atoms with Crippen LogP contribution >= 0.6 is 0 Å². The van der Waals surface area contributed by atoms with Crippen molar-refractivity contribution in [1.82, 2.24) is 15.1 Å². The Bertz CT molecular complexity index is 873. The van der Waals surface area contributed by atoms with E-state index in [2.05, 4.69) is 17.3 Å². The first-order valence-corrected chi connectivity index (χ1v) is 10.2. The molecule has 3 rings (SSSR count). The first kappa shape index (κ1) is 21.0. The van der Waals surface area contributed by atoms with Crippen molar-refractivity contribution in [2.24, 2.45) is 0 Å². The summed E-state index contributed by atoms with van der Waals surface area (Å²) in [6, 6.07) is 7.49. The summed E-state index contributed by atoms with van der Waals surface area (Å²) in [5.41, 5.74) is 4.17. The van der Waals surface area contributed by atoms with E-state index < -0.39 is 5.97 Å². The molecule has 7 heteroatoms. The van der Waals surface area contributed by atoms with Gasteiger partial charge in [0.25, 0.3) is 5.91 Å². The first-order valence-electron chi connectivity index (χ1n) is 10.2. The van der Waals surface area contributed by atoms with Crippen molar-refractivity contribution >= 4 is 11.9 Å². The van der Waals surface area contributed by atoms with Crippen molar-refractivity contribution in [2.45, 2.75) is 65.0 Å². The van der Waals surface area contributed by atoms with E-state index in [1.54, 1.807) is 16.8 Å². The second-order valence-corrected chi connectivity index (χ2v) is 7.60. The van der Waals surface area contributed by atoms with Crippen LogP contribution in [0.4, 0.5) is 0 Å². The predicted octanol–water partition coefficient (Wildman–Crippen LogP) is 3.19. The minimum Gasteiger partial charge on any atom is -0.481 e. The number of carbonyl (C=O) groups excluding carboxylic acids is 1. The lowest BCUT2D eigenvalue weighted by molar-refractivity contribution is -0.136. The third kappa shape index (κ3) is 5.03. The minimum atomic E-state index is -0.818. The number of aryl methyl sites for hydroxylation is 1. The van der Waals surface area contributed by atoms with Gasteiger partial charge >= 0.3 is 5.97 Å². The van der Waals surface area contributed by atoms with E-state index in [-0.39, 0.29) is 24.5 Å². The van der Waals surface area contributed by atoms with Crippen molar-refractivity contribution in [2.75, 3.05) is 6.61 Å². The van der Waals surface area contributed by atoms with Gasteiger partial charge < -0.3 is 15.2 Å². The highest BCUT2D eigenvalue weighted by Gasteiger charge is 2.23. The lowest BCUT2D eigenvalue weighted by atomic mass is 10.0. The number of carboxylic acids is 1.